The number of nitrogens with zero attached hydrogens (tertiary/aromatic N) is 2. The van der Waals surface area contributed by atoms with Crippen LogP contribution in [0.1, 0.15) is 26.0 Å². The molecule has 3 N–H and O–H groups in total. The van der Waals surface area contributed by atoms with Gasteiger partial charge in [0.25, 0.3) is 0 Å². The summed E-state index contributed by atoms with van der Waals surface area (Å²) in [4.78, 5) is 6.98. The molecule has 0 spiro atoms. The maximum atomic E-state index is 10.6. The average Bonchev–Trinajstić information content (AvgIpc) is 3.37. The third kappa shape index (κ3) is 5.52. The van der Waals surface area contributed by atoms with E-state index in [-0.39, 0.29) is 6.54 Å². The van der Waals surface area contributed by atoms with Gasteiger partial charge in [0.1, 0.15) is 11.4 Å². The second kappa shape index (κ2) is 9.47. The van der Waals surface area contributed by atoms with Crippen LogP contribution in [0.15, 0.2) is 56.5 Å². The van der Waals surface area contributed by atoms with Crippen molar-refractivity contribution in [1.29, 1.82) is 0 Å². The van der Waals surface area contributed by atoms with Crippen LogP contribution in [-0.4, -0.2) is 43.8 Å². The van der Waals surface area contributed by atoms with Crippen LogP contribution >= 0.6 is 15.9 Å². The maximum Gasteiger partial charge on any atom is 0.191 e. The summed E-state index contributed by atoms with van der Waals surface area (Å²) in [6.07, 6.45) is 2.71. The van der Waals surface area contributed by atoms with Crippen LogP contribution in [0.25, 0.3) is 0 Å². The molecule has 6 nitrogen and oxygen atoms in total. The molecule has 0 aliphatic carbocycles. The van der Waals surface area contributed by atoms with Gasteiger partial charge in [0.15, 0.2) is 5.96 Å². The minimum absolute atomic E-state index is 0.228. The summed E-state index contributed by atoms with van der Waals surface area (Å²) in [6, 6.07) is 12.0. The van der Waals surface area contributed by atoms with Crippen LogP contribution in [0.5, 0.6) is 0 Å². The number of halogens is 1. The highest BCUT2D eigenvalue weighted by molar-refractivity contribution is 9.10. The Hall–Kier alpha value is -1.99. The molecule has 152 valence electrons. The van der Waals surface area contributed by atoms with Crippen molar-refractivity contribution >= 4 is 27.6 Å². The molecule has 1 aliphatic heterocycles. The lowest BCUT2D eigenvalue weighted by molar-refractivity contribution is 0.0437. The quantitative estimate of drug-likeness (QED) is 0.447. The lowest BCUT2D eigenvalue weighted by Gasteiger charge is -2.21. The number of aliphatic hydroxyl groups is 1. The number of rotatable bonds is 7. The molecule has 7 heteroatoms. The lowest BCUT2D eigenvalue weighted by atomic mass is 10.0. The number of guanidine groups is 1. The molecular weight excluding hydrogens is 420 g/mol. The topological polar surface area (TPSA) is 73.0 Å². The number of anilines is 1. The molecular formula is C21H29BrN4O2. The van der Waals surface area contributed by atoms with Gasteiger partial charge in [-0.3, -0.25) is 0 Å². The first-order valence-corrected chi connectivity index (χ1v) is 10.6. The van der Waals surface area contributed by atoms with Crippen molar-refractivity contribution in [2.75, 3.05) is 37.6 Å². The van der Waals surface area contributed by atoms with Gasteiger partial charge in [-0.05, 0) is 62.6 Å². The third-order valence-electron chi connectivity index (χ3n) is 4.98. The molecule has 1 saturated heterocycles. The summed E-state index contributed by atoms with van der Waals surface area (Å²) >= 11 is 3.49. The number of aliphatic imine (C=N–C) groups is 1. The normalized spacial score (nSPS) is 19.5. The summed E-state index contributed by atoms with van der Waals surface area (Å²) in [5.74, 6) is 1.79. The van der Waals surface area contributed by atoms with E-state index in [4.69, 9.17) is 4.42 Å². The van der Waals surface area contributed by atoms with E-state index < -0.39 is 5.60 Å². The number of nitrogens with one attached hydrogen (secondary N) is 2. The third-order valence-corrected chi connectivity index (χ3v) is 5.51. The second-order valence-corrected chi connectivity index (χ2v) is 8.32. The minimum Gasteiger partial charge on any atom is -0.466 e. The number of benzene rings is 1. The predicted octanol–water partition coefficient (Wildman–Crippen LogP) is 3.33. The molecule has 1 aromatic heterocycles. The number of hydrogen-bond acceptors (Lipinski definition) is 4. The van der Waals surface area contributed by atoms with E-state index in [0.717, 1.165) is 43.0 Å². The number of hydrogen-bond donors (Lipinski definition) is 3. The van der Waals surface area contributed by atoms with Crippen LogP contribution in [-0.2, 0) is 5.60 Å². The fourth-order valence-electron chi connectivity index (χ4n) is 3.36. The first-order valence-electron chi connectivity index (χ1n) is 9.77. The lowest BCUT2D eigenvalue weighted by Crippen LogP contribution is -2.41. The van der Waals surface area contributed by atoms with Gasteiger partial charge in [-0.1, -0.05) is 15.9 Å². The molecule has 1 aliphatic rings. The molecule has 2 aromatic rings. The molecule has 1 aromatic carbocycles. The Kier molecular flexibility index (Phi) is 7.02. The summed E-state index contributed by atoms with van der Waals surface area (Å²) < 4.78 is 6.43. The first-order chi connectivity index (χ1) is 13.5. The van der Waals surface area contributed by atoms with E-state index in [9.17, 15) is 5.11 Å². The van der Waals surface area contributed by atoms with Gasteiger partial charge < -0.3 is 25.1 Å². The number of furan rings is 1. The highest BCUT2D eigenvalue weighted by atomic mass is 79.9. The van der Waals surface area contributed by atoms with E-state index in [2.05, 4.69) is 60.7 Å². The van der Waals surface area contributed by atoms with Crippen molar-refractivity contribution < 1.29 is 9.52 Å². The van der Waals surface area contributed by atoms with Crippen molar-refractivity contribution in [2.24, 2.45) is 10.9 Å². The Morgan fingerprint density at radius 1 is 1.32 bits per heavy atom. The zero-order valence-corrected chi connectivity index (χ0v) is 18.1. The van der Waals surface area contributed by atoms with Gasteiger partial charge >= 0.3 is 0 Å². The average molecular weight is 449 g/mol. The van der Waals surface area contributed by atoms with Gasteiger partial charge in [-0.15, -0.1) is 0 Å². The first kappa shape index (κ1) is 20.7. The van der Waals surface area contributed by atoms with E-state index in [1.165, 1.54) is 5.69 Å². The molecule has 3 rings (SSSR count). The zero-order valence-electron chi connectivity index (χ0n) is 16.5. The predicted molar refractivity (Wildman–Crippen MR) is 117 cm³/mol. The van der Waals surface area contributed by atoms with E-state index in [1.807, 2.05) is 6.92 Å². The van der Waals surface area contributed by atoms with E-state index in [1.54, 1.807) is 25.3 Å². The highest BCUT2D eigenvalue weighted by Crippen LogP contribution is 2.25. The molecule has 0 saturated carbocycles. The monoisotopic (exact) mass is 448 g/mol. The Labute approximate surface area is 175 Å². The minimum atomic E-state index is -1.13. The second-order valence-electron chi connectivity index (χ2n) is 7.40. The van der Waals surface area contributed by atoms with Gasteiger partial charge in [-0.2, -0.15) is 0 Å². The SMILES string of the molecule is CCNC(=NCC(C)(O)c1ccco1)NCC1CCN(c2ccc(Br)cc2)C1. The molecule has 0 bridgehead atoms. The molecule has 2 atom stereocenters. The Balaban J connectivity index is 1.53. The Bertz CT molecular complexity index is 759. The van der Waals surface area contributed by atoms with Crippen molar-refractivity contribution in [2.45, 2.75) is 25.9 Å². The van der Waals surface area contributed by atoms with Crippen LogP contribution in [0.2, 0.25) is 0 Å². The van der Waals surface area contributed by atoms with Crippen LogP contribution in [0, 0.1) is 5.92 Å². The summed E-state index contributed by atoms with van der Waals surface area (Å²) in [5, 5.41) is 17.3. The highest BCUT2D eigenvalue weighted by Gasteiger charge is 2.26. The fraction of sp³-hybridized carbons (Fsp3) is 0.476. The van der Waals surface area contributed by atoms with E-state index in [0.29, 0.717) is 11.7 Å². The summed E-state index contributed by atoms with van der Waals surface area (Å²) in [5.41, 5.74) is 0.137. The smallest absolute Gasteiger partial charge is 0.191 e. The van der Waals surface area contributed by atoms with Crippen molar-refractivity contribution in [3.8, 4) is 0 Å². The standard InChI is InChI=1S/C21H29BrN4O2/c1-3-23-20(25-15-21(2,27)19-5-4-12-28-19)24-13-16-10-11-26(14-16)18-8-6-17(22)7-9-18/h4-9,12,16,27H,3,10-11,13-15H2,1-2H3,(H2,23,24,25). The maximum absolute atomic E-state index is 10.6. The molecule has 2 unspecified atom stereocenters. The van der Waals surface area contributed by atoms with Crippen molar-refractivity contribution in [1.82, 2.24) is 10.6 Å². The molecule has 0 radical (unpaired) electrons. The molecule has 2 heterocycles. The van der Waals surface area contributed by atoms with Crippen molar-refractivity contribution in [3.05, 3.63) is 52.9 Å². The van der Waals surface area contributed by atoms with Crippen LogP contribution in [0.3, 0.4) is 0 Å². The van der Waals surface area contributed by atoms with Gasteiger partial charge in [0.2, 0.25) is 0 Å². The zero-order chi connectivity index (χ0) is 20.0. The Morgan fingerprint density at radius 3 is 2.79 bits per heavy atom. The molecule has 0 amide bonds. The van der Waals surface area contributed by atoms with Crippen LogP contribution in [0.4, 0.5) is 5.69 Å². The van der Waals surface area contributed by atoms with Crippen LogP contribution < -0.4 is 15.5 Å². The molecule has 28 heavy (non-hydrogen) atoms. The summed E-state index contributed by atoms with van der Waals surface area (Å²) in [6.45, 7) is 7.68. The molecule has 1 fully saturated rings. The largest absolute Gasteiger partial charge is 0.466 e. The summed E-state index contributed by atoms with van der Waals surface area (Å²) in [7, 11) is 0. The van der Waals surface area contributed by atoms with E-state index >= 15 is 0 Å². The van der Waals surface area contributed by atoms with Gasteiger partial charge in [0.05, 0.1) is 12.8 Å². The van der Waals surface area contributed by atoms with Crippen molar-refractivity contribution in [3.63, 3.8) is 0 Å². The fourth-order valence-corrected chi connectivity index (χ4v) is 3.63. The Morgan fingerprint density at radius 2 is 2.11 bits per heavy atom. The van der Waals surface area contributed by atoms with Gasteiger partial charge in [-0.25, -0.2) is 4.99 Å². The van der Waals surface area contributed by atoms with Gasteiger partial charge in [0, 0.05) is 36.3 Å².